The van der Waals surface area contributed by atoms with E-state index in [9.17, 15) is 9.59 Å². The van der Waals surface area contributed by atoms with Gasteiger partial charge in [0.25, 0.3) is 5.91 Å². The lowest BCUT2D eigenvalue weighted by Gasteiger charge is -2.42. The number of aryl methyl sites for hydroxylation is 2. The van der Waals surface area contributed by atoms with Crippen molar-refractivity contribution in [2.45, 2.75) is 44.9 Å². The van der Waals surface area contributed by atoms with Crippen LogP contribution < -0.4 is 9.47 Å². The van der Waals surface area contributed by atoms with Crippen LogP contribution in [0.15, 0.2) is 54.6 Å². The molecule has 40 heavy (non-hydrogen) atoms. The number of piperidine rings is 1. The number of hydrogen-bond donors (Lipinski definition) is 0. The number of aromatic nitrogens is 2. The Balaban J connectivity index is 1.26. The molecule has 0 N–H and O–H groups in total. The molecule has 2 amide bonds. The molecule has 8 heteroatoms. The van der Waals surface area contributed by atoms with Crippen LogP contribution in [0.2, 0.25) is 0 Å². The van der Waals surface area contributed by atoms with Gasteiger partial charge in [0.05, 0.1) is 24.8 Å². The Hall–Kier alpha value is -3.81. The molecule has 0 aliphatic carbocycles. The maximum absolute atomic E-state index is 13.8. The number of hydrogen-bond acceptors (Lipinski definition) is 5. The third-order valence-electron chi connectivity index (χ3n) is 8.55. The maximum atomic E-state index is 13.8. The molecule has 8 nitrogen and oxygen atoms in total. The highest BCUT2D eigenvalue weighted by Gasteiger charge is 2.43. The van der Waals surface area contributed by atoms with Crippen LogP contribution in [-0.4, -0.2) is 71.8 Å². The van der Waals surface area contributed by atoms with Crippen molar-refractivity contribution in [1.82, 2.24) is 19.6 Å². The first-order valence-corrected chi connectivity index (χ1v) is 14.3. The summed E-state index contributed by atoms with van der Waals surface area (Å²) >= 11 is 0. The van der Waals surface area contributed by atoms with Gasteiger partial charge in [-0.2, -0.15) is 5.10 Å². The zero-order chi connectivity index (χ0) is 28.1. The molecule has 0 saturated carbocycles. The van der Waals surface area contributed by atoms with Crippen molar-refractivity contribution in [1.29, 1.82) is 0 Å². The van der Waals surface area contributed by atoms with E-state index in [1.54, 1.807) is 11.8 Å². The van der Waals surface area contributed by atoms with Crippen LogP contribution in [0.1, 0.15) is 54.6 Å². The van der Waals surface area contributed by atoms with Crippen LogP contribution >= 0.6 is 0 Å². The molecule has 3 aromatic rings. The average molecular weight is 545 g/mol. The molecule has 3 heterocycles. The van der Waals surface area contributed by atoms with Crippen LogP contribution in [0.4, 0.5) is 0 Å². The lowest BCUT2D eigenvalue weighted by Crippen LogP contribution is -2.51. The summed E-state index contributed by atoms with van der Waals surface area (Å²) in [6.45, 7) is 2.11. The van der Waals surface area contributed by atoms with Gasteiger partial charge in [0, 0.05) is 32.7 Å². The number of carbonyl (C=O) groups excluding carboxylic acids is 2. The molecule has 0 atom stereocenters. The molecule has 1 fully saturated rings. The first kappa shape index (κ1) is 27.7. The molecule has 0 radical (unpaired) electrons. The summed E-state index contributed by atoms with van der Waals surface area (Å²) < 4.78 is 13.1. The highest BCUT2D eigenvalue weighted by molar-refractivity contribution is 5.94. The SMILES string of the molecule is COc1ccc(-c2cc(C(=O)N3CCC4(CCCCCc5ccccc5OCCN(C)C4=O)CC3)nn2C)cc1. The van der Waals surface area contributed by atoms with E-state index < -0.39 is 5.41 Å². The van der Waals surface area contributed by atoms with E-state index in [1.165, 1.54) is 5.56 Å². The quantitative estimate of drug-likeness (QED) is 0.465. The maximum Gasteiger partial charge on any atom is 0.274 e. The van der Waals surface area contributed by atoms with Crippen LogP contribution in [-0.2, 0) is 18.3 Å². The second-order valence-electron chi connectivity index (χ2n) is 11.1. The molecular formula is C32H40N4O4. The van der Waals surface area contributed by atoms with Crippen molar-refractivity contribution >= 4 is 11.8 Å². The Kier molecular flexibility index (Phi) is 8.43. The molecule has 2 aliphatic rings. The molecule has 0 unspecified atom stereocenters. The lowest BCUT2D eigenvalue weighted by molar-refractivity contribution is -0.144. The number of para-hydroxylation sites is 1. The highest BCUT2D eigenvalue weighted by Crippen LogP contribution is 2.39. The molecular weight excluding hydrogens is 504 g/mol. The second kappa shape index (κ2) is 12.1. The first-order chi connectivity index (χ1) is 19.4. The number of carbonyl (C=O) groups is 2. The van der Waals surface area contributed by atoms with Gasteiger partial charge in [0.1, 0.15) is 18.1 Å². The summed E-state index contributed by atoms with van der Waals surface area (Å²) in [5.41, 5.74) is 3.07. The minimum atomic E-state index is -0.440. The summed E-state index contributed by atoms with van der Waals surface area (Å²) in [6.07, 6.45) is 6.31. The second-order valence-corrected chi connectivity index (χ2v) is 11.1. The van der Waals surface area contributed by atoms with Crippen LogP contribution in [0.25, 0.3) is 11.3 Å². The minimum absolute atomic E-state index is 0.0816. The molecule has 1 saturated heterocycles. The third kappa shape index (κ3) is 5.86. The number of ether oxygens (including phenoxy) is 2. The smallest absolute Gasteiger partial charge is 0.274 e. The Bertz CT molecular complexity index is 1320. The van der Waals surface area contributed by atoms with Gasteiger partial charge in [-0.15, -0.1) is 0 Å². The van der Waals surface area contributed by atoms with Crippen molar-refractivity contribution in [3.63, 3.8) is 0 Å². The van der Waals surface area contributed by atoms with E-state index in [-0.39, 0.29) is 11.8 Å². The Morgan fingerprint density at radius 2 is 1.70 bits per heavy atom. The van der Waals surface area contributed by atoms with Crippen LogP contribution in [0.3, 0.4) is 0 Å². The van der Waals surface area contributed by atoms with E-state index in [0.717, 1.165) is 54.9 Å². The molecule has 2 aromatic carbocycles. The number of likely N-dealkylation sites (N-methyl/N-ethyl adjacent to an activating group) is 1. The van der Waals surface area contributed by atoms with Gasteiger partial charge in [-0.05, 0) is 74.1 Å². The number of rotatable bonds is 3. The standard InChI is InChI=1S/C32H40N4O4/c1-34-21-22-40-29-11-7-6-10-25(29)9-5-4-8-16-32(31(34)38)17-19-36(20-18-32)30(37)27-23-28(35(2)33-27)24-12-14-26(39-3)15-13-24/h6-7,10-15,23H,4-5,8-9,16-22H2,1-3H3. The van der Waals surface area contributed by atoms with E-state index in [0.29, 0.717) is 44.8 Å². The molecule has 1 spiro atoms. The van der Waals surface area contributed by atoms with Crippen LogP contribution in [0, 0.1) is 5.41 Å². The fourth-order valence-corrected chi connectivity index (χ4v) is 6.08. The van der Waals surface area contributed by atoms with Crippen molar-refractivity contribution in [2.24, 2.45) is 12.5 Å². The summed E-state index contributed by atoms with van der Waals surface area (Å²) in [5.74, 6) is 1.80. The Labute approximate surface area is 236 Å². The van der Waals surface area contributed by atoms with E-state index in [1.807, 2.05) is 66.4 Å². The van der Waals surface area contributed by atoms with Gasteiger partial charge in [-0.25, -0.2) is 0 Å². The number of nitrogens with zero attached hydrogens (tertiary/aromatic N) is 4. The highest BCUT2D eigenvalue weighted by atomic mass is 16.5. The fraction of sp³-hybridized carbons (Fsp3) is 0.469. The van der Waals surface area contributed by atoms with E-state index in [2.05, 4.69) is 17.2 Å². The van der Waals surface area contributed by atoms with Gasteiger partial charge < -0.3 is 19.3 Å². The Morgan fingerprint density at radius 3 is 2.45 bits per heavy atom. The molecule has 0 bridgehead atoms. The average Bonchev–Trinajstić information content (AvgIpc) is 3.38. The number of amides is 2. The van der Waals surface area contributed by atoms with E-state index in [4.69, 9.17) is 9.47 Å². The normalized spacial score (nSPS) is 18.2. The first-order valence-electron chi connectivity index (χ1n) is 14.3. The van der Waals surface area contributed by atoms with Gasteiger partial charge in [-0.3, -0.25) is 14.3 Å². The number of likely N-dealkylation sites (tertiary alicyclic amines) is 1. The molecule has 1 aromatic heterocycles. The molecule has 212 valence electrons. The molecule has 5 rings (SSSR count). The summed E-state index contributed by atoms with van der Waals surface area (Å²) in [6, 6.07) is 17.8. The summed E-state index contributed by atoms with van der Waals surface area (Å²) in [4.78, 5) is 31.0. The van der Waals surface area contributed by atoms with Crippen molar-refractivity contribution < 1.29 is 19.1 Å². The van der Waals surface area contributed by atoms with Gasteiger partial charge >= 0.3 is 0 Å². The molecule has 2 aliphatic heterocycles. The Morgan fingerprint density at radius 1 is 0.950 bits per heavy atom. The lowest BCUT2D eigenvalue weighted by atomic mass is 9.73. The number of fused-ring (bicyclic) bond motifs is 1. The predicted molar refractivity (Wildman–Crippen MR) is 155 cm³/mol. The fourth-order valence-electron chi connectivity index (χ4n) is 6.08. The van der Waals surface area contributed by atoms with Crippen LogP contribution in [0.5, 0.6) is 11.5 Å². The van der Waals surface area contributed by atoms with Gasteiger partial charge in [-0.1, -0.05) is 31.0 Å². The monoisotopic (exact) mass is 544 g/mol. The van der Waals surface area contributed by atoms with Gasteiger partial charge in [0.2, 0.25) is 5.91 Å². The largest absolute Gasteiger partial charge is 0.497 e. The summed E-state index contributed by atoms with van der Waals surface area (Å²) in [5, 5.41) is 4.54. The topological polar surface area (TPSA) is 76.9 Å². The van der Waals surface area contributed by atoms with E-state index >= 15 is 0 Å². The summed E-state index contributed by atoms with van der Waals surface area (Å²) in [7, 11) is 5.37. The zero-order valence-corrected chi connectivity index (χ0v) is 23.9. The van der Waals surface area contributed by atoms with Gasteiger partial charge in [0.15, 0.2) is 5.69 Å². The van der Waals surface area contributed by atoms with Crippen molar-refractivity contribution in [2.75, 3.05) is 40.4 Å². The van der Waals surface area contributed by atoms with Crippen molar-refractivity contribution in [3.05, 3.63) is 65.9 Å². The third-order valence-corrected chi connectivity index (χ3v) is 8.55. The minimum Gasteiger partial charge on any atom is -0.497 e. The number of benzene rings is 2. The predicted octanol–water partition coefficient (Wildman–Crippen LogP) is 4.97. The zero-order valence-electron chi connectivity index (χ0n) is 23.9. The number of methoxy groups -OCH3 is 1. The van der Waals surface area contributed by atoms with Crippen molar-refractivity contribution in [3.8, 4) is 22.8 Å².